The lowest BCUT2D eigenvalue weighted by atomic mass is 9.97. The SMILES string of the molecule is CC(CC#Cc1ccccc1)C(=C=O)/C=C/C[C@H]1CCC(=O)N1CCCCCCC(=O)O. The van der Waals surface area contributed by atoms with Gasteiger partial charge < -0.3 is 10.0 Å². The Morgan fingerprint density at radius 3 is 2.69 bits per heavy atom. The second-order valence-electron chi connectivity index (χ2n) is 8.31. The molecule has 2 atom stereocenters. The molecule has 1 unspecified atom stereocenters. The van der Waals surface area contributed by atoms with Gasteiger partial charge in [-0.3, -0.25) is 9.59 Å². The fraction of sp³-hybridized carbons (Fsp3) is 0.481. The van der Waals surface area contributed by atoms with E-state index >= 15 is 0 Å². The van der Waals surface area contributed by atoms with Crippen LogP contribution in [0.3, 0.4) is 0 Å². The standard InChI is InChI=1S/C27H33NO4/c1-22(11-9-14-23-12-5-4-6-13-23)24(21-29)15-10-16-25-18-19-26(30)28(25)20-8-3-2-7-17-27(31)32/h4-6,10,12-13,15,22,25H,2-3,7-8,11,16-20H2,1H3,(H,31,32)/b15-10+/t22?,25-/m0/s1. The number of carboxylic acid groups (broad SMARTS) is 1. The molecular formula is C27H33NO4. The number of hydrogen-bond acceptors (Lipinski definition) is 3. The van der Waals surface area contributed by atoms with Gasteiger partial charge in [0, 0.05) is 48.9 Å². The molecule has 0 spiro atoms. The molecule has 5 heteroatoms. The predicted octanol–water partition coefficient (Wildman–Crippen LogP) is 4.79. The number of unbranched alkanes of at least 4 members (excludes halogenated alkanes) is 3. The number of rotatable bonds is 12. The molecule has 1 heterocycles. The van der Waals surface area contributed by atoms with Crippen LogP contribution in [0.15, 0.2) is 48.1 Å². The molecule has 32 heavy (non-hydrogen) atoms. The fourth-order valence-electron chi connectivity index (χ4n) is 3.85. The summed E-state index contributed by atoms with van der Waals surface area (Å²) < 4.78 is 0. The first-order valence-corrected chi connectivity index (χ1v) is 11.5. The number of amides is 1. The summed E-state index contributed by atoms with van der Waals surface area (Å²) in [5, 5.41) is 8.68. The topological polar surface area (TPSA) is 74.7 Å². The number of aliphatic carboxylic acids is 1. The summed E-state index contributed by atoms with van der Waals surface area (Å²) in [5.74, 6) is 7.72. The highest BCUT2D eigenvalue weighted by molar-refractivity contribution is 5.78. The Morgan fingerprint density at radius 1 is 1.22 bits per heavy atom. The van der Waals surface area contributed by atoms with Crippen LogP contribution in [0.1, 0.15) is 70.3 Å². The molecule has 1 aromatic carbocycles. The van der Waals surface area contributed by atoms with Gasteiger partial charge in [-0.15, -0.1) is 0 Å². The number of carbonyl (C=O) groups is 2. The zero-order valence-electron chi connectivity index (χ0n) is 18.9. The van der Waals surface area contributed by atoms with Crippen LogP contribution in [-0.4, -0.2) is 40.4 Å². The first-order chi connectivity index (χ1) is 15.5. The molecule has 1 amide bonds. The van der Waals surface area contributed by atoms with E-state index in [4.69, 9.17) is 5.11 Å². The molecular weight excluding hydrogens is 402 g/mol. The highest BCUT2D eigenvalue weighted by Gasteiger charge is 2.29. The molecule has 1 aliphatic heterocycles. The van der Waals surface area contributed by atoms with Gasteiger partial charge in [-0.1, -0.05) is 62.0 Å². The fourth-order valence-corrected chi connectivity index (χ4v) is 3.85. The number of nitrogens with zero attached hydrogens (tertiary/aromatic N) is 1. The Balaban J connectivity index is 1.78. The number of hydrogen-bond donors (Lipinski definition) is 1. The van der Waals surface area contributed by atoms with Crippen molar-refractivity contribution in [3.8, 4) is 11.8 Å². The average Bonchev–Trinajstić information content (AvgIpc) is 3.13. The van der Waals surface area contributed by atoms with Crippen molar-refractivity contribution in [2.75, 3.05) is 6.54 Å². The first-order valence-electron chi connectivity index (χ1n) is 11.5. The minimum atomic E-state index is -0.757. The van der Waals surface area contributed by atoms with Gasteiger partial charge in [0.2, 0.25) is 5.91 Å². The van der Waals surface area contributed by atoms with Crippen molar-refractivity contribution < 1.29 is 19.5 Å². The van der Waals surface area contributed by atoms with E-state index < -0.39 is 5.97 Å². The summed E-state index contributed by atoms with van der Waals surface area (Å²) in [6, 6.07) is 9.93. The van der Waals surface area contributed by atoms with Crippen molar-refractivity contribution in [3.63, 3.8) is 0 Å². The van der Waals surface area contributed by atoms with Gasteiger partial charge in [0.15, 0.2) is 0 Å². The molecule has 1 aliphatic rings. The van der Waals surface area contributed by atoms with Gasteiger partial charge in [0.25, 0.3) is 0 Å². The largest absolute Gasteiger partial charge is 0.481 e. The van der Waals surface area contributed by atoms with Crippen LogP contribution in [0.2, 0.25) is 0 Å². The van der Waals surface area contributed by atoms with Crippen molar-refractivity contribution in [3.05, 3.63) is 53.6 Å². The Bertz CT molecular complexity index is 887. The summed E-state index contributed by atoms with van der Waals surface area (Å²) in [5.41, 5.74) is 1.56. The van der Waals surface area contributed by atoms with Gasteiger partial charge >= 0.3 is 5.97 Å². The third kappa shape index (κ3) is 8.96. The van der Waals surface area contributed by atoms with Gasteiger partial charge in [0.1, 0.15) is 5.94 Å². The van der Waals surface area contributed by atoms with E-state index in [1.54, 1.807) is 0 Å². The molecule has 1 aromatic rings. The van der Waals surface area contributed by atoms with Gasteiger partial charge in [0.05, 0.1) is 0 Å². The molecule has 1 N–H and O–H groups in total. The lowest BCUT2D eigenvalue weighted by Gasteiger charge is -2.24. The first kappa shape index (κ1) is 25.2. The van der Waals surface area contributed by atoms with Crippen molar-refractivity contribution in [1.82, 2.24) is 4.90 Å². The quantitative estimate of drug-likeness (QED) is 0.222. The zero-order chi connectivity index (χ0) is 23.2. The van der Waals surface area contributed by atoms with E-state index in [0.29, 0.717) is 31.4 Å². The van der Waals surface area contributed by atoms with Crippen LogP contribution in [0.4, 0.5) is 0 Å². The molecule has 1 saturated heterocycles. The highest BCUT2D eigenvalue weighted by Crippen LogP contribution is 2.23. The molecule has 2 rings (SSSR count). The van der Waals surface area contributed by atoms with Crippen LogP contribution < -0.4 is 0 Å². The minimum absolute atomic E-state index is 0.00734. The van der Waals surface area contributed by atoms with Gasteiger partial charge in [-0.05, 0) is 37.8 Å². The van der Waals surface area contributed by atoms with E-state index in [-0.39, 0.29) is 24.3 Å². The second kappa shape index (κ2) is 14.1. The Morgan fingerprint density at radius 2 is 1.97 bits per heavy atom. The number of allylic oxidation sites excluding steroid dienone is 2. The van der Waals surface area contributed by atoms with Crippen LogP contribution >= 0.6 is 0 Å². The number of benzene rings is 1. The number of likely N-dealkylation sites (tertiary alicyclic amines) is 1. The van der Waals surface area contributed by atoms with E-state index in [1.165, 1.54) is 0 Å². The summed E-state index contributed by atoms with van der Waals surface area (Å²) in [4.78, 5) is 36.2. The summed E-state index contributed by atoms with van der Waals surface area (Å²) >= 11 is 0. The Hall–Kier alpha value is -3.09. The van der Waals surface area contributed by atoms with Crippen LogP contribution in [0, 0.1) is 17.8 Å². The second-order valence-corrected chi connectivity index (χ2v) is 8.31. The Kier molecular flexibility index (Phi) is 11.1. The smallest absolute Gasteiger partial charge is 0.303 e. The lowest BCUT2D eigenvalue weighted by Crippen LogP contribution is -2.33. The van der Waals surface area contributed by atoms with Gasteiger partial charge in [-0.2, -0.15) is 0 Å². The summed E-state index contributed by atoms with van der Waals surface area (Å²) in [6.45, 7) is 2.69. The number of carbonyl (C=O) groups excluding carboxylic acids is 2. The highest BCUT2D eigenvalue weighted by atomic mass is 16.4. The van der Waals surface area contributed by atoms with Crippen molar-refractivity contribution in [2.45, 2.75) is 70.8 Å². The monoisotopic (exact) mass is 435 g/mol. The van der Waals surface area contributed by atoms with Crippen LogP contribution in [0.5, 0.6) is 0 Å². The summed E-state index contributed by atoms with van der Waals surface area (Å²) in [7, 11) is 0. The summed E-state index contributed by atoms with van der Waals surface area (Å²) in [6.07, 6.45) is 10.1. The third-order valence-electron chi connectivity index (χ3n) is 5.76. The maximum atomic E-state index is 12.2. The van der Waals surface area contributed by atoms with E-state index in [9.17, 15) is 14.4 Å². The van der Waals surface area contributed by atoms with Crippen molar-refractivity contribution >= 4 is 17.8 Å². The molecule has 0 aromatic heterocycles. The zero-order valence-corrected chi connectivity index (χ0v) is 18.9. The molecule has 5 nitrogen and oxygen atoms in total. The predicted molar refractivity (Wildman–Crippen MR) is 126 cm³/mol. The van der Waals surface area contributed by atoms with Crippen LogP contribution in [0.25, 0.3) is 0 Å². The molecule has 0 aliphatic carbocycles. The third-order valence-corrected chi connectivity index (χ3v) is 5.76. The maximum Gasteiger partial charge on any atom is 0.303 e. The van der Waals surface area contributed by atoms with Crippen molar-refractivity contribution in [1.29, 1.82) is 0 Å². The van der Waals surface area contributed by atoms with Gasteiger partial charge in [-0.25, -0.2) is 4.79 Å². The van der Waals surface area contributed by atoms with Crippen LogP contribution in [-0.2, 0) is 14.4 Å². The Labute approximate surface area is 191 Å². The minimum Gasteiger partial charge on any atom is -0.481 e. The molecule has 170 valence electrons. The average molecular weight is 436 g/mol. The number of carboxylic acids is 1. The molecule has 0 radical (unpaired) electrons. The van der Waals surface area contributed by atoms with E-state index in [0.717, 1.165) is 37.7 Å². The normalized spacial score (nSPS) is 16.5. The van der Waals surface area contributed by atoms with E-state index in [1.807, 2.05) is 60.2 Å². The molecule has 1 fully saturated rings. The van der Waals surface area contributed by atoms with E-state index in [2.05, 4.69) is 11.8 Å². The maximum absolute atomic E-state index is 12.2. The van der Waals surface area contributed by atoms with Crippen molar-refractivity contribution in [2.24, 2.45) is 5.92 Å². The lowest BCUT2D eigenvalue weighted by molar-refractivity contribution is -0.137. The molecule has 0 bridgehead atoms. The molecule has 0 saturated carbocycles.